The lowest BCUT2D eigenvalue weighted by Crippen LogP contribution is -2.30. The van der Waals surface area contributed by atoms with E-state index in [1.165, 1.54) is 23.7 Å². The highest BCUT2D eigenvalue weighted by Crippen LogP contribution is 2.34. The molecule has 0 aliphatic carbocycles. The number of carbonyl (C=O) groups excluding carboxylic acids is 1. The Balaban J connectivity index is 1.81. The van der Waals surface area contributed by atoms with E-state index in [0.29, 0.717) is 16.9 Å². The van der Waals surface area contributed by atoms with E-state index in [9.17, 15) is 23.1 Å². The van der Waals surface area contributed by atoms with Gasteiger partial charge in [0, 0.05) is 33.9 Å². The number of aromatic nitrogens is 2. The highest BCUT2D eigenvalue weighted by Gasteiger charge is 2.30. The zero-order valence-corrected chi connectivity index (χ0v) is 16.0. The molecule has 29 heavy (non-hydrogen) atoms. The van der Waals surface area contributed by atoms with Gasteiger partial charge in [-0.3, -0.25) is 9.36 Å². The molecule has 5 nitrogen and oxygen atoms in total. The van der Waals surface area contributed by atoms with Crippen LogP contribution in [0.5, 0.6) is 0 Å². The van der Waals surface area contributed by atoms with Crippen LogP contribution in [-0.2, 0) is 6.18 Å². The molecule has 0 radical (unpaired) electrons. The van der Waals surface area contributed by atoms with Crippen LogP contribution in [0.3, 0.4) is 0 Å². The Morgan fingerprint density at radius 2 is 1.93 bits per heavy atom. The monoisotopic (exact) mass is 419 g/mol. The van der Waals surface area contributed by atoms with Gasteiger partial charge in [0.2, 0.25) is 0 Å². The van der Waals surface area contributed by atoms with Crippen molar-refractivity contribution in [2.75, 3.05) is 6.54 Å². The molecule has 1 atom stereocenters. The first-order valence-electron chi connectivity index (χ1n) is 8.78. The van der Waals surface area contributed by atoms with Crippen molar-refractivity contribution in [2.24, 2.45) is 0 Å². The number of amides is 1. The van der Waals surface area contributed by atoms with Crippen LogP contribution in [0.25, 0.3) is 27.6 Å². The molecule has 2 aromatic carbocycles. The maximum atomic E-state index is 12.9. The molecule has 4 aromatic rings. The van der Waals surface area contributed by atoms with Gasteiger partial charge in [0.15, 0.2) is 5.65 Å². The SMILES string of the molecule is CC(O)CNC(=O)c1ccc2c(c1)c1csnc1n2-c1ccc(C(F)(F)F)cc1. The summed E-state index contributed by atoms with van der Waals surface area (Å²) in [6, 6.07) is 10.0. The van der Waals surface area contributed by atoms with Crippen LogP contribution >= 0.6 is 11.5 Å². The number of benzene rings is 2. The fourth-order valence-corrected chi connectivity index (χ4v) is 3.85. The quantitative estimate of drug-likeness (QED) is 0.516. The van der Waals surface area contributed by atoms with Gasteiger partial charge >= 0.3 is 6.18 Å². The number of halogens is 3. The van der Waals surface area contributed by atoms with Gasteiger partial charge in [0.05, 0.1) is 17.2 Å². The van der Waals surface area contributed by atoms with Crippen molar-refractivity contribution in [2.45, 2.75) is 19.2 Å². The third-order valence-electron chi connectivity index (χ3n) is 4.56. The van der Waals surface area contributed by atoms with Crippen LogP contribution in [0, 0.1) is 0 Å². The number of alkyl halides is 3. The van der Waals surface area contributed by atoms with Gasteiger partial charge in [0.1, 0.15) is 0 Å². The minimum atomic E-state index is -4.40. The second-order valence-electron chi connectivity index (χ2n) is 6.72. The Hall–Kier alpha value is -2.91. The second kappa shape index (κ2) is 7.16. The predicted molar refractivity (Wildman–Crippen MR) is 105 cm³/mol. The Morgan fingerprint density at radius 3 is 2.59 bits per heavy atom. The van der Waals surface area contributed by atoms with Crippen molar-refractivity contribution in [3.63, 3.8) is 0 Å². The van der Waals surface area contributed by atoms with Crippen LogP contribution < -0.4 is 5.32 Å². The molecule has 2 aromatic heterocycles. The van der Waals surface area contributed by atoms with Gasteiger partial charge in [-0.25, -0.2) is 0 Å². The number of rotatable bonds is 4. The minimum absolute atomic E-state index is 0.138. The highest BCUT2D eigenvalue weighted by molar-refractivity contribution is 7.05. The summed E-state index contributed by atoms with van der Waals surface area (Å²) in [6.45, 7) is 1.72. The van der Waals surface area contributed by atoms with E-state index in [1.54, 1.807) is 29.7 Å². The first-order valence-corrected chi connectivity index (χ1v) is 9.62. The molecule has 2 heterocycles. The maximum Gasteiger partial charge on any atom is 0.416 e. The smallest absolute Gasteiger partial charge is 0.392 e. The normalized spacial score (nSPS) is 13.1. The number of fused-ring (bicyclic) bond motifs is 3. The molecule has 0 saturated carbocycles. The molecule has 0 fully saturated rings. The number of hydrogen-bond donors (Lipinski definition) is 2. The van der Waals surface area contributed by atoms with Crippen molar-refractivity contribution >= 4 is 39.4 Å². The summed E-state index contributed by atoms with van der Waals surface area (Å²) in [4.78, 5) is 12.3. The molecule has 2 N–H and O–H groups in total. The molecule has 4 rings (SSSR count). The van der Waals surface area contributed by atoms with E-state index >= 15 is 0 Å². The van der Waals surface area contributed by atoms with E-state index in [4.69, 9.17) is 0 Å². The maximum absolute atomic E-state index is 12.9. The first kappa shape index (κ1) is 19.4. The molecule has 9 heteroatoms. The number of carbonyl (C=O) groups is 1. The van der Waals surface area contributed by atoms with Crippen molar-refractivity contribution in [1.29, 1.82) is 0 Å². The van der Waals surface area contributed by atoms with Gasteiger partial charge < -0.3 is 10.4 Å². The molecule has 0 spiro atoms. The summed E-state index contributed by atoms with van der Waals surface area (Å²) in [7, 11) is 0. The Bertz CT molecular complexity index is 1190. The summed E-state index contributed by atoms with van der Waals surface area (Å²) in [5, 5.41) is 15.4. The average Bonchev–Trinajstić information content (AvgIpc) is 3.25. The number of aliphatic hydroxyl groups excluding tert-OH is 1. The molecule has 0 bridgehead atoms. The third kappa shape index (κ3) is 3.58. The van der Waals surface area contributed by atoms with Gasteiger partial charge in [0.25, 0.3) is 5.91 Å². The van der Waals surface area contributed by atoms with Gasteiger partial charge in [-0.15, -0.1) is 0 Å². The first-order chi connectivity index (χ1) is 13.8. The summed E-state index contributed by atoms with van der Waals surface area (Å²) in [5.41, 5.74) is 1.61. The number of nitrogens with one attached hydrogen (secondary N) is 1. The average molecular weight is 419 g/mol. The lowest BCUT2D eigenvalue weighted by Gasteiger charge is -2.10. The van der Waals surface area contributed by atoms with E-state index in [2.05, 4.69) is 9.69 Å². The molecule has 1 amide bonds. The zero-order chi connectivity index (χ0) is 20.8. The van der Waals surface area contributed by atoms with Gasteiger partial charge in [-0.1, -0.05) is 0 Å². The van der Waals surface area contributed by atoms with Crippen molar-refractivity contribution < 1.29 is 23.1 Å². The molecular weight excluding hydrogens is 403 g/mol. The molecule has 1 unspecified atom stereocenters. The lowest BCUT2D eigenvalue weighted by molar-refractivity contribution is -0.137. The van der Waals surface area contributed by atoms with Crippen LogP contribution in [0.15, 0.2) is 47.8 Å². The van der Waals surface area contributed by atoms with Crippen molar-refractivity contribution in [3.8, 4) is 5.69 Å². The van der Waals surface area contributed by atoms with E-state index in [0.717, 1.165) is 28.4 Å². The number of hydrogen-bond acceptors (Lipinski definition) is 4. The molecule has 0 aliphatic heterocycles. The summed E-state index contributed by atoms with van der Waals surface area (Å²) < 4.78 is 44.8. The Kier molecular flexibility index (Phi) is 4.79. The summed E-state index contributed by atoms with van der Waals surface area (Å²) in [6.07, 6.45) is -5.06. The standard InChI is InChI=1S/C20H16F3N3O2S/c1-11(27)9-24-19(28)12-2-7-17-15(8-12)16-10-29-25-18(16)26(17)14-5-3-13(4-6-14)20(21,22)23/h2-8,10-11,27H,9H2,1H3,(H,24,28). The summed E-state index contributed by atoms with van der Waals surface area (Å²) in [5.74, 6) is -0.314. The minimum Gasteiger partial charge on any atom is -0.392 e. The van der Waals surface area contributed by atoms with Crippen LogP contribution in [0.4, 0.5) is 13.2 Å². The molecule has 0 saturated heterocycles. The predicted octanol–water partition coefficient (Wildman–Crippen LogP) is 4.37. The van der Waals surface area contributed by atoms with E-state index in [-0.39, 0.29) is 12.5 Å². The number of nitrogens with zero attached hydrogens (tertiary/aromatic N) is 2. The summed E-state index contributed by atoms with van der Waals surface area (Å²) >= 11 is 1.23. The van der Waals surface area contributed by atoms with Crippen LogP contribution in [0.1, 0.15) is 22.8 Å². The van der Waals surface area contributed by atoms with Crippen molar-refractivity contribution in [1.82, 2.24) is 14.3 Å². The number of aliphatic hydroxyl groups is 1. The topological polar surface area (TPSA) is 67.2 Å². The Morgan fingerprint density at radius 1 is 1.21 bits per heavy atom. The fraction of sp³-hybridized carbons (Fsp3) is 0.200. The van der Waals surface area contributed by atoms with Gasteiger partial charge in [-0.05, 0) is 60.9 Å². The molecular formula is C20H16F3N3O2S. The van der Waals surface area contributed by atoms with Crippen molar-refractivity contribution in [3.05, 3.63) is 59.0 Å². The lowest BCUT2D eigenvalue weighted by atomic mass is 10.1. The molecule has 150 valence electrons. The zero-order valence-electron chi connectivity index (χ0n) is 15.2. The highest BCUT2D eigenvalue weighted by atomic mass is 32.1. The van der Waals surface area contributed by atoms with Gasteiger partial charge in [-0.2, -0.15) is 17.5 Å². The van der Waals surface area contributed by atoms with E-state index < -0.39 is 17.8 Å². The second-order valence-corrected chi connectivity index (χ2v) is 7.35. The largest absolute Gasteiger partial charge is 0.416 e. The Labute approximate surface area is 167 Å². The third-order valence-corrected chi connectivity index (χ3v) is 5.18. The van der Waals surface area contributed by atoms with Crippen LogP contribution in [-0.4, -0.2) is 32.6 Å². The van der Waals surface area contributed by atoms with Crippen LogP contribution in [0.2, 0.25) is 0 Å². The fourth-order valence-electron chi connectivity index (χ4n) is 3.18. The molecule has 0 aliphatic rings. The van der Waals surface area contributed by atoms with E-state index in [1.807, 2.05) is 5.38 Å².